The van der Waals surface area contributed by atoms with Crippen molar-refractivity contribution in [1.82, 2.24) is 10.2 Å². The number of methoxy groups -OCH3 is 2. The number of hydrogen-bond donors (Lipinski definition) is 1. The van der Waals surface area contributed by atoms with Crippen LogP contribution in [0.4, 0.5) is 0 Å². The zero-order valence-electron chi connectivity index (χ0n) is 14.9. The highest BCUT2D eigenvalue weighted by molar-refractivity contribution is 9.10. The third-order valence-electron chi connectivity index (χ3n) is 5.21. The molecule has 3 rings (SSSR count). The quantitative estimate of drug-likeness (QED) is 0.711. The minimum absolute atomic E-state index is 0. The molecule has 1 N–H and O–H groups in total. The summed E-state index contributed by atoms with van der Waals surface area (Å²) in [6, 6.07) is 4.69. The largest absolute Gasteiger partial charge is 0.493 e. The van der Waals surface area contributed by atoms with Gasteiger partial charge in [-0.25, -0.2) is 0 Å². The van der Waals surface area contributed by atoms with Crippen LogP contribution in [0.1, 0.15) is 37.3 Å². The number of nitrogens with zero attached hydrogens (tertiary/aromatic N) is 1. The molecule has 1 aliphatic heterocycles. The first kappa shape index (κ1) is 22.8. The van der Waals surface area contributed by atoms with Crippen molar-refractivity contribution in [3.63, 3.8) is 0 Å². The molecule has 1 aromatic carbocycles. The molecule has 2 aliphatic rings. The number of piperazine rings is 1. The van der Waals surface area contributed by atoms with Crippen molar-refractivity contribution in [3.05, 3.63) is 22.2 Å². The molecule has 1 atom stereocenters. The van der Waals surface area contributed by atoms with E-state index in [1.54, 1.807) is 14.2 Å². The molecule has 0 amide bonds. The van der Waals surface area contributed by atoms with Crippen LogP contribution >= 0.6 is 40.7 Å². The molecule has 144 valence electrons. The summed E-state index contributed by atoms with van der Waals surface area (Å²) < 4.78 is 12.1. The van der Waals surface area contributed by atoms with Gasteiger partial charge >= 0.3 is 0 Å². The maximum Gasteiger partial charge on any atom is 0.161 e. The van der Waals surface area contributed by atoms with Crippen LogP contribution in [-0.2, 0) is 0 Å². The molecule has 25 heavy (non-hydrogen) atoms. The van der Waals surface area contributed by atoms with Crippen molar-refractivity contribution < 1.29 is 9.47 Å². The van der Waals surface area contributed by atoms with Crippen LogP contribution in [-0.4, -0.2) is 45.3 Å². The second-order valence-corrected chi connectivity index (χ2v) is 7.36. The summed E-state index contributed by atoms with van der Waals surface area (Å²) in [5.74, 6) is 2.35. The van der Waals surface area contributed by atoms with Crippen LogP contribution < -0.4 is 14.8 Å². The van der Waals surface area contributed by atoms with Crippen LogP contribution in [0.3, 0.4) is 0 Å². The third kappa shape index (κ3) is 5.16. The van der Waals surface area contributed by atoms with E-state index < -0.39 is 0 Å². The van der Waals surface area contributed by atoms with Crippen molar-refractivity contribution in [2.75, 3.05) is 40.4 Å². The Morgan fingerprint density at radius 1 is 1.04 bits per heavy atom. The van der Waals surface area contributed by atoms with Gasteiger partial charge in [-0.3, -0.25) is 4.90 Å². The SMILES string of the molecule is COc1cc(Br)c([C@H](C2CCCC2)N2CCNCC2)cc1OC.Cl.Cl. The maximum absolute atomic E-state index is 5.56. The van der Waals surface area contributed by atoms with Gasteiger partial charge in [0.15, 0.2) is 11.5 Å². The predicted molar refractivity (Wildman–Crippen MR) is 111 cm³/mol. The summed E-state index contributed by atoms with van der Waals surface area (Å²) in [4.78, 5) is 2.65. The summed E-state index contributed by atoms with van der Waals surface area (Å²) in [6.07, 6.45) is 5.38. The van der Waals surface area contributed by atoms with E-state index in [1.807, 2.05) is 0 Å². The highest BCUT2D eigenvalue weighted by atomic mass is 79.9. The summed E-state index contributed by atoms with van der Waals surface area (Å²) >= 11 is 3.79. The van der Waals surface area contributed by atoms with Crippen molar-refractivity contribution in [2.24, 2.45) is 5.92 Å². The van der Waals surface area contributed by atoms with E-state index in [-0.39, 0.29) is 24.8 Å². The molecule has 1 saturated carbocycles. The van der Waals surface area contributed by atoms with Gasteiger partial charge in [-0.05, 0) is 36.5 Å². The molecule has 1 aliphatic carbocycles. The number of ether oxygens (including phenoxy) is 2. The van der Waals surface area contributed by atoms with E-state index in [1.165, 1.54) is 31.2 Å². The van der Waals surface area contributed by atoms with Gasteiger partial charge in [0.1, 0.15) is 0 Å². The highest BCUT2D eigenvalue weighted by Gasteiger charge is 2.33. The van der Waals surface area contributed by atoms with Crippen molar-refractivity contribution >= 4 is 40.7 Å². The molecule has 1 saturated heterocycles. The fourth-order valence-electron chi connectivity index (χ4n) is 4.08. The van der Waals surface area contributed by atoms with Crippen molar-refractivity contribution in [1.29, 1.82) is 0 Å². The molecule has 0 spiro atoms. The normalized spacial score (nSPS) is 19.6. The molecule has 0 unspecified atom stereocenters. The Bertz CT molecular complexity index is 536. The Balaban J connectivity index is 0.00000156. The molecule has 0 bridgehead atoms. The lowest BCUT2D eigenvalue weighted by Crippen LogP contribution is -2.46. The lowest BCUT2D eigenvalue weighted by molar-refractivity contribution is 0.125. The average Bonchev–Trinajstić information content (AvgIpc) is 3.11. The van der Waals surface area contributed by atoms with Crippen LogP contribution in [0.2, 0.25) is 0 Å². The first-order valence-electron chi connectivity index (χ1n) is 8.60. The molecule has 1 aromatic rings. The number of halogens is 3. The molecule has 0 aromatic heterocycles. The van der Waals surface area contributed by atoms with E-state index in [0.717, 1.165) is 48.1 Å². The Hall–Kier alpha value is -0.200. The van der Waals surface area contributed by atoms with Crippen LogP contribution in [0, 0.1) is 5.92 Å². The summed E-state index contributed by atoms with van der Waals surface area (Å²) in [6.45, 7) is 4.38. The zero-order valence-corrected chi connectivity index (χ0v) is 18.1. The van der Waals surface area contributed by atoms with E-state index in [4.69, 9.17) is 9.47 Å². The molecular weight excluding hydrogens is 427 g/mol. The zero-order chi connectivity index (χ0) is 16.2. The second kappa shape index (κ2) is 10.8. The molecule has 2 fully saturated rings. The smallest absolute Gasteiger partial charge is 0.161 e. The summed E-state index contributed by atoms with van der Waals surface area (Å²) in [5.41, 5.74) is 1.34. The average molecular weight is 456 g/mol. The molecule has 4 nitrogen and oxygen atoms in total. The van der Waals surface area contributed by atoms with E-state index in [9.17, 15) is 0 Å². The molecule has 0 radical (unpaired) electrons. The molecule has 1 heterocycles. The van der Waals surface area contributed by atoms with Gasteiger partial charge < -0.3 is 14.8 Å². The summed E-state index contributed by atoms with van der Waals surface area (Å²) in [5, 5.41) is 3.47. The van der Waals surface area contributed by atoms with Gasteiger partial charge in [0.25, 0.3) is 0 Å². The van der Waals surface area contributed by atoms with Gasteiger partial charge in [-0.1, -0.05) is 28.8 Å². The van der Waals surface area contributed by atoms with E-state index in [2.05, 4.69) is 38.3 Å². The van der Waals surface area contributed by atoms with Crippen LogP contribution in [0.5, 0.6) is 11.5 Å². The lowest BCUT2D eigenvalue weighted by atomic mass is 9.89. The fourth-order valence-corrected chi connectivity index (χ4v) is 4.64. The Morgan fingerprint density at radius 2 is 1.60 bits per heavy atom. The van der Waals surface area contributed by atoms with Gasteiger partial charge in [-0.2, -0.15) is 0 Å². The Morgan fingerprint density at radius 3 is 2.16 bits per heavy atom. The Kier molecular flexibility index (Phi) is 9.89. The monoisotopic (exact) mass is 454 g/mol. The van der Waals surface area contributed by atoms with Crippen LogP contribution in [0.25, 0.3) is 0 Å². The second-order valence-electron chi connectivity index (χ2n) is 6.50. The van der Waals surface area contributed by atoms with E-state index >= 15 is 0 Å². The Labute approximate surface area is 172 Å². The minimum Gasteiger partial charge on any atom is -0.493 e. The highest BCUT2D eigenvalue weighted by Crippen LogP contribution is 2.45. The molecule has 7 heteroatoms. The summed E-state index contributed by atoms with van der Waals surface area (Å²) in [7, 11) is 3.40. The maximum atomic E-state index is 5.56. The van der Waals surface area contributed by atoms with Gasteiger partial charge in [0, 0.05) is 36.7 Å². The van der Waals surface area contributed by atoms with Crippen LogP contribution in [0.15, 0.2) is 16.6 Å². The van der Waals surface area contributed by atoms with Gasteiger partial charge in [-0.15, -0.1) is 24.8 Å². The van der Waals surface area contributed by atoms with Gasteiger partial charge in [0.2, 0.25) is 0 Å². The predicted octanol–water partition coefficient (Wildman–Crippen LogP) is 4.45. The fraction of sp³-hybridized carbons (Fsp3) is 0.667. The lowest BCUT2D eigenvalue weighted by Gasteiger charge is -2.39. The van der Waals surface area contributed by atoms with Gasteiger partial charge in [0.05, 0.1) is 14.2 Å². The number of nitrogens with one attached hydrogen (secondary N) is 1. The standard InChI is InChI=1S/C18H27BrN2O2.2ClH/c1-22-16-11-14(15(19)12-17(16)23-2)18(13-5-3-4-6-13)21-9-7-20-8-10-21;;/h11-13,18,20H,3-10H2,1-2H3;2*1H/t18-;;/m0../s1. The first-order valence-corrected chi connectivity index (χ1v) is 9.40. The van der Waals surface area contributed by atoms with Crippen molar-refractivity contribution in [3.8, 4) is 11.5 Å². The number of rotatable bonds is 5. The number of benzene rings is 1. The molecular formula is C18H29BrCl2N2O2. The topological polar surface area (TPSA) is 33.7 Å². The minimum atomic E-state index is 0. The van der Waals surface area contributed by atoms with Crippen molar-refractivity contribution in [2.45, 2.75) is 31.7 Å². The van der Waals surface area contributed by atoms with E-state index in [0.29, 0.717) is 6.04 Å². The number of hydrogen-bond acceptors (Lipinski definition) is 4. The third-order valence-corrected chi connectivity index (χ3v) is 5.90. The first-order chi connectivity index (χ1) is 11.2.